The number of hydrogen-bond acceptors (Lipinski definition) is 2. The summed E-state index contributed by atoms with van der Waals surface area (Å²) in [4.78, 5) is 12.7. The number of nitrogens with zero attached hydrogens (tertiary/aromatic N) is 1. The van der Waals surface area contributed by atoms with Crippen molar-refractivity contribution < 1.29 is 4.79 Å². The normalized spacial score (nSPS) is 13.3. The molecule has 0 fully saturated rings. The maximum atomic E-state index is 11.1. The maximum absolute atomic E-state index is 11.1. The zero-order valence-corrected chi connectivity index (χ0v) is 7.79. The number of carbonyl (C=O) groups excluding carboxylic acids is 1. The molecule has 0 aromatic rings. The molecule has 3 nitrogen and oxygen atoms in total. The van der Waals surface area contributed by atoms with Crippen molar-refractivity contribution in [3.63, 3.8) is 0 Å². The number of nitrogens with two attached hydrogens (primary N) is 1. The van der Waals surface area contributed by atoms with E-state index in [0.717, 1.165) is 0 Å². The predicted molar refractivity (Wildman–Crippen MR) is 46.1 cm³/mol. The maximum Gasteiger partial charge on any atom is 0.223 e. The van der Waals surface area contributed by atoms with E-state index in [2.05, 4.69) is 0 Å². The minimum Gasteiger partial charge on any atom is -0.349 e. The summed E-state index contributed by atoms with van der Waals surface area (Å²) in [5.41, 5.74) is 5.71. The first kappa shape index (κ1) is 10.4. The summed E-state index contributed by atoms with van der Waals surface area (Å²) in [6, 6.07) is -0.00935. The highest BCUT2D eigenvalue weighted by atomic mass is 16.2. The topological polar surface area (TPSA) is 46.3 Å². The van der Waals surface area contributed by atoms with Crippen molar-refractivity contribution in [2.75, 3.05) is 14.1 Å². The Morgan fingerprint density at radius 2 is 1.91 bits per heavy atom. The second-order valence-corrected chi connectivity index (χ2v) is 3.40. The van der Waals surface area contributed by atoms with Crippen LogP contribution in [0.5, 0.6) is 0 Å². The monoisotopic (exact) mass is 158 g/mol. The van der Waals surface area contributed by atoms with Gasteiger partial charge < -0.3 is 10.6 Å². The summed E-state index contributed by atoms with van der Waals surface area (Å²) in [6.45, 7) is 4.04. The summed E-state index contributed by atoms with van der Waals surface area (Å²) >= 11 is 0. The Hall–Kier alpha value is -0.570. The fourth-order valence-corrected chi connectivity index (χ4v) is 0.620. The van der Waals surface area contributed by atoms with Crippen LogP contribution in [-0.2, 0) is 4.79 Å². The van der Waals surface area contributed by atoms with E-state index in [9.17, 15) is 4.79 Å². The van der Waals surface area contributed by atoms with Gasteiger partial charge in [-0.2, -0.15) is 0 Å². The molecule has 0 aliphatic rings. The third kappa shape index (κ3) is 3.98. The molecule has 2 N–H and O–H groups in total. The Balaban J connectivity index is 3.76. The molecule has 11 heavy (non-hydrogen) atoms. The molecule has 0 heterocycles. The zero-order chi connectivity index (χ0) is 9.02. The number of hydrogen-bond donors (Lipinski definition) is 1. The second kappa shape index (κ2) is 4.34. The highest BCUT2D eigenvalue weighted by Crippen LogP contribution is 2.03. The first-order valence-corrected chi connectivity index (χ1v) is 3.91. The average molecular weight is 158 g/mol. The van der Waals surface area contributed by atoms with Crippen molar-refractivity contribution in [1.82, 2.24) is 4.90 Å². The molecule has 66 valence electrons. The van der Waals surface area contributed by atoms with Crippen molar-refractivity contribution in [2.45, 2.75) is 26.3 Å². The van der Waals surface area contributed by atoms with Gasteiger partial charge in [0.1, 0.15) is 0 Å². The van der Waals surface area contributed by atoms with Crippen LogP contribution in [0.25, 0.3) is 0 Å². The fraction of sp³-hybridized carbons (Fsp3) is 0.875. The molecule has 1 unspecified atom stereocenters. The lowest BCUT2D eigenvalue weighted by Crippen LogP contribution is -2.34. The van der Waals surface area contributed by atoms with Crippen LogP contribution in [-0.4, -0.2) is 30.9 Å². The minimum atomic E-state index is -0.00935. The largest absolute Gasteiger partial charge is 0.349 e. The van der Waals surface area contributed by atoms with Gasteiger partial charge in [-0.3, -0.25) is 4.79 Å². The molecule has 1 amide bonds. The zero-order valence-electron chi connectivity index (χ0n) is 7.79. The van der Waals surface area contributed by atoms with Crippen molar-refractivity contribution in [1.29, 1.82) is 0 Å². The highest BCUT2D eigenvalue weighted by Gasteiger charge is 2.13. The van der Waals surface area contributed by atoms with E-state index in [1.165, 1.54) is 0 Å². The van der Waals surface area contributed by atoms with E-state index < -0.39 is 0 Å². The Morgan fingerprint density at radius 3 is 2.18 bits per heavy atom. The molecule has 0 aliphatic heterocycles. The van der Waals surface area contributed by atoms with Crippen LogP contribution in [0.1, 0.15) is 20.3 Å². The average Bonchev–Trinajstić information content (AvgIpc) is 1.87. The lowest BCUT2D eigenvalue weighted by Gasteiger charge is -2.17. The molecule has 0 aromatic heterocycles. The SMILES string of the molecule is CC(C)C(N)CC(=O)N(C)C. The van der Waals surface area contributed by atoms with Gasteiger partial charge in [-0.05, 0) is 5.92 Å². The Labute approximate surface area is 68.6 Å². The third-order valence-electron chi connectivity index (χ3n) is 1.77. The molecule has 1 atom stereocenters. The molecule has 0 spiro atoms. The number of rotatable bonds is 3. The highest BCUT2D eigenvalue weighted by molar-refractivity contribution is 5.76. The molecule has 3 heteroatoms. The number of carbonyl (C=O) groups is 1. The second-order valence-electron chi connectivity index (χ2n) is 3.40. The van der Waals surface area contributed by atoms with Crippen molar-refractivity contribution >= 4 is 5.91 Å². The fourth-order valence-electron chi connectivity index (χ4n) is 0.620. The summed E-state index contributed by atoms with van der Waals surface area (Å²) in [6.07, 6.45) is 0.449. The van der Waals surface area contributed by atoms with E-state index in [1.807, 2.05) is 13.8 Å². The molecule has 0 saturated heterocycles. The van der Waals surface area contributed by atoms with Gasteiger partial charge in [0.25, 0.3) is 0 Å². The van der Waals surface area contributed by atoms with Crippen molar-refractivity contribution in [2.24, 2.45) is 11.7 Å². The first-order valence-electron chi connectivity index (χ1n) is 3.91. The summed E-state index contributed by atoms with van der Waals surface area (Å²) in [7, 11) is 3.49. The smallest absolute Gasteiger partial charge is 0.223 e. The molecule has 0 rings (SSSR count). The summed E-state index contributed by atoms with van der Waals surface area (Å²) in [5, 5.41) is 0. The van der Waals surface area contributed by atoms with Crippen molar-refractivity contribution in [3.8, 4) is 0 Å². The van der Waals surface area contributed by atoms with E-state index >= 15 is 0 Å². The van der Waals surface area contributed by atoms with E-state index in [4.69, 9.17) is 5.73 Å². The molecule has 0 saturated carbocycles. The van der Waals surface area contributed by atoms with Gasteiger partial charge in [0, 0.05) is 26.6 Å². The summed E-state index contributed by atoms with van der Waals surface area (Å²) < 4.78 is 0. The van der Waals surface area contributed by atoms with Crippen LogP contribution < -0.4 is 5.73 Å². The van der Waals surface area contributed by atoms with Gasteiger partial charge in [-0.25, -0.2) is 0 Å². The molecular formula is C8H18N2O. The molecule has 0 aromatic carbocycles. The Bertz CT molecular complexity index is 132. The van der Waals surface area contributed by atoms with Crippen LogP contribution >= 0.6 is 0 Å². The minimum absolute atomic E-state index is 0.00935. The molecule has 0 aliphatic carbocycles. The van der Waals surface area contributed by atoms with Crippen molar-refractivity contribution in [3.05, 3.63) is 0 Å². The number of amides is 1. The lowest BCUT2D eigenvalue weighted by molar-refractivity contribution is -0.129. The van der Waals surface area contributed by atoms with Crippen LogP contribution in [0.4, 0.5) is 0 Å². The molecule has 0 bridgehead atoms. The predicted octanol–water partition coefficient (Wildman–Crippen LogP) is 0.448. The van der Waals surface area contributed by atoms with E-state index in [-0.39, 0.29) is 11.9 Å². The standard InChI is InChI=1S/C8H18N2O/c1-6(2)7(9)5-8(11)10(3)4/h6-7H,5,9H2,1-4H3. The van der Waals surface area contributed by atoms with Crippen LogP contribution in [0.15, 0.2) is 0 Å². The quantitative estimate of drug-likeness (QED) is 0.648. The van der Waals surface area contributed by atoms with Gasteiger partial charge in [-0.1, -0.05) is 13.8 Å². The third-order valence-corrected chi connectivity index (χ3v) is 1.77. The molecule has 0 radical (unpaired) electrons. The van der Waals surface area contributed by atoms with Crippen LogP contribution in [0.2, 0.25) is 0 Å². The van der Waals surface area contributed by atoms with Gasteiger partial charge in [-0.15, -0.1) is 0 Å². The lowest BCUT2D eigenvalue weighted by atomic mass is 10.0. The first-order chi connectivity index (χ1) is 4.95. The van der Waals surface area contributed by atoms with Gasteiger partial charge >= 0.3 is 0 Å². The summed E-state index contributed by atoms with van der Waals surface area (Å²) in [5.74, 6) is 0.477. The van der Waals surface area contributed by atoms with Gasteiger partial charge in [0.2, 0.25) is 5.91 Å². The van der Waals surface area contributed by atoms with E-state index in [0.29, 0.717) is 12.3 Å². The van der Waals surface area contributed by atoms with Crippen LogP contribution in [0.3, 0.4) is 0 Å². The van der Waals surface area contributed by atoms with Crippen LogP contribution in [0, 0.1) is 5.92 Å². The van der Waals surface area contributed by atoms with E-state index in [1.54, 1.807) is 19.0 Å². The Morgan fingerprint density at radius 1 is 1.45 bits per heavy atom. The van der Waals surface area contributed by atoms with Gasteiger partial charge in [0.05, 0.1) is 0 Å². The van der Waals surface area contributed by atoms with Gasteiger partial charge in [0.15, 0.2) is 0 Å². The molecular weight excluding hydrogens is 140 g/mol. The Kier molecular flexibility index (Phi) is 4.11.